The van der Waals surface area contributed by atoms with Crippen LogP contribution < -0.4 is 5.32 Å². The second-order valence-electron chi connectivity index (χ2n) is 9.27. The number of thiophene rings is 1. The first-order valence-corrected chi connectivity index (χ1v) is 16.0. The van der Waals surface area contributed by atoms with Gasteiger partial charge in [-0.3, -0.25) is 4.55 Å². The molecule has 5 nitrogen and oxygen atoms in total. The summed E-state index contributed by atoms with van der Waals surface area (Å²) in [7, 11) is -6.50. The fraction of sp³-hybridized carbons (Fsp3) is 0.619. The second-order valence-corrected chi connectivity index (χ2v) is 17.1. The van der Waals surface area contributed by atoms with Crippen molar-refractivity contribution in [1.29, 1.82) is 0 Å². The van der Waals surface area contributed by atoms with Gasteiger partial charge in [0.05, 0.1) is 11.7 Å². The number of halogens is 4. The normalized spacial score (nSPS) is 14.2. The van der Waals surface area contributed by atoms with Gasteiger partial charge in [-0.05, 0) is 56.2 Å². The summed E-state index contributed by atoms with van der Waals surface area (Å²) in [5.74, 6) is 0. The molecule has 33 heavy (non-hydrogen) atoms. The topological polar surface area (TPSA) is 75.6 Å². The lowest BCUT2D eigenvalue weighted by Crippen LogP contribution is -2.45. The van der Waals surface area contributed by atoms with Crippen LogP contribution in [0.4, 0.5) is 13.2 Å². The maximum atomic E-state index is 12.9. The van der Waals surface area contributed by atoms with Gasteiger partial charge in [0.15, 0.2) is 12.5 Å². The molecule has 0 aliphatic rings. The van der Waals surface area contributed by atoms with Crippen LogP contribution >= 0.6 is 22.9 Å². The summed E-state index contributed by atoms with van der Waals surface area (Å²) in [6, 6.07) is 3.63. The van der Waals surface area contributed by atoms with Crippen LogP contribution in [-0.2, 0) is 20.7 Å². The van der Waals surface area contributed by atoms with Crippen LogP contribution in [0.3, 0.4) is 0 Å². The van der Waals surface area contributed by atoms with E-state index in [1.807, 2.05) is 0 Å². The Bertz CT molecular complexity index is 1030. The summed E-state index contributed by atoms with van der Waals surface area (Å²) in [5.41, 5.74) is -1.38. The Labute approximate surface area is 204 Å². The van der Waals surface area contributed by atoms with E-state index in [-0.39, 0.29) is 15.1 Å². The quantitative estimate of drug-likeness (QED) is 0.217. The van der Waals surface area contributed by atoms with E-state index in [4.69, 9.17) is 20.6 Å². The highest BCUT2D eigenvalue weighted by Gasteiger charge is 2.41. The molecule has 190 valence electrons. The Morgan fingerprint density at radius 1 is 1.24 bits per heavy atom. The maximum Gasteiger partial charge on any atom is 0.419 e. The number of hydrogen-bond acceptors (Lipinski definition) is 5. The van der Waals surface area contributed by atoms with Crippen LogP contribution in [0.1, 0.15) is 46.6 Å². The van der Waals surface area contributed by atoms with Crippen molar-refractivity contribution >= 4 is 51.5 Å². The maximum absolute atomic E-state index is 12.9. The van der Waals surface area contributed by atoms with Gasteiger partial charge in [-0.15, -0.1) is 11.3 Å². The lowest BCUT2D eigenvalue weighted by molar-refractivity contribution is -0.138. The van der Waals surface area contributed by atoms with Gasteiger partial charge in [-0.1, -0.05) is 39.3 Å². The van der Waals surface area contributed by atoms with Gasteiger partial charge in [-0.25, -0.2) is 0 Å². The number of hydrogen-bond donors (Lipinski definition) is 2. The molecule has 0 fully saturated rings. The van der Waals surface area contributed by atoms with E-state index in [9.17, 15) is 21.6 Å². The van der Waals surface area contributed by atoms with E-state index in [1.165, 1.54) is 18.6 Å². The highest BCUT2D eigenvalue weighted by molar-refractivity contribution is 7.88. The van der Waals surface area contributed by atoms with Gasteiger partial charge < -0.3 is 9.74 Å². The zero-order valence-electron chi connectivity index (χ0n) is 19.9. The molecule has 1 heterocycles. The molecule has 0 aliphatic heterocycles. The number of benzene rings is 1. The minimum Gasteiger partial charge on any atom is -0.413 e. The van der Waals surface area contributed by atoms with Crippen LogP contribution in [0.25, 0.3) is 10.1 Å². The Balaban J connectivity index is 0.000000337. The third-order valence-corrected chi connectivity index (χ3v) is 12.7. The Hall–Kier alpha value is -0.693. The van der Waals surface area contributed by atoms with Crippen LogP contribution in [0.15, 0.2) is 22.4 Å². The highest BCUT2D eigenvalue weighted by atomic mass is 35.5. The number of alkyl halides is 3. The zero-order chi connectivity index (χ0) is 25.8. The van der Waals surface area contributed by atoms with Gasteiger partial charge in [0.1, 0.15) is 0 Å². The smallest absolute Gasteiger partial charge is 0.413 e. The predicted octanol–water partition coefficient (Wildman–Crippen LogP) is 7.22. The minimum atomic E-state index is -4.94. The van der Waals surface area contributed by atoms with Gasteiger partial charge in [0.25, 0.3) is 0 Å². The SMILES string of the molecule is CCCNCC(C)O[Si](C)(C)C(C)(C)C.O=S(=O)(O)c1sc2ccc(Cl)cc2c1C(F)(F)F. The molecule has 2 rings (SSSR count). The summed E-state index contributed by atoms with van der Waals surface area (Å²) < 4.78 is 74.6. The molecule has 0 spiro atoms. The summed E-state index contributed by atoms with van der Waals surface area (Å²) >= 11 is 5.94. The molecule has 0 aliphatic carbocycles. The van der Waals surface area contributed by atoms with Crippen molar-refractivity contribution < 1.29 is 30.6 Å². The van der Waals surface area contributed by atoms with Crippen LogP contribution in [0, 0.1) is 0 Å². The van der Waals surface area contributed by atoms with E-state index in [1.54, 1.807) is 0 Å². The van der Waals surface area contributed by atoms with Crippen LogP contribution in [-0.4, -0.2) is 40.5 Å². The molecule has 0 amide bonds. The average molecular weight is 548 g/mol. The van der Waals surface area contributed by atoms with E-state index >= 15 is 0 Å². The first-order chi connectivity index (χ1) is 14.8. The number of fused-ring (bicyclic) bond motifs is 1. The molecule has 1 atom stereocenters. The third-order valence-electron chi connectivity index (χ3n) is 5.30. The molecule has 0 radical (unpaired) electrons. The molecule has 1 aromatic carbocycles. The first-order valence-electron chi connectivity index (χ1n) is 10.5. The van der Waals surface area contributed by atoms with Crippen molar-refractivity contribution in [1.82, 2.24) is 5.32 Å². The molecule has 0 saturated carbocycles. The van der Waals surface area contributed by atoms with Crippen molar-refractivity contribution in [2.75, 3.05) is 13.1 Å². The minimum absolute atomic E-state index is 0.0488. The van der Waals surface area contributed by atoms with Crippen LogP contribution in [0.5, 0.6) is 0 Å². The summed E-state index contributed by atoms with van der Waals surface area (Å²) in [5, 5.41) is 3.43. The molecule has 1 unspecified atom stereocenters. The molecule has 2 aromatic rings. The second kappa shape index (κ2) is 11.4. The van der Waals surface area contributed by atoms with Crippen LogP contribution in [0.2, 0.25) is 23.2 Å². The molecule has 2 N–H and O–H groups in total. The lowest BCUT2D eigenvalue weighted by Gasteiger charge is -2.38. The zero-order valence-corrected chi connectivity index (χ0v) is 23.3. The Morgan fingerprint density at radius 2 is 1.82 bits per heavy atom. The first kappa shape index (κ1) is 30.3. The van der Waals surface area contributed by atoms with E-state index in [0.29, 0.717) is 22.5 Å². The van der Waals surface area contributed by atoms with Gasteiger partial charge in [0.2, 0.25) is 0 Å². The van der Waals surface area contributed by atoms with Gasteiger partial charge in [0, 0.05) is 21.7 Å². The monoisotopic (exact) mass is 547 g/mol. The van der Waals surface area contributed by atoms with Crippen molar-refractivity contribution in [2.45, 2.75) is 75.7 Å². The number of nitrogens with one attached hydrogen (secondary N) is 1. The van der Waals surface area contributed by atoms with Gasteiger partial charge >= 0.3 is 16.3 Å². The third kappa shape index (κ3) is 8.79. The van der Waals surface area contributed by atoms with Crippen molar-refractivity contribution in [3.05, 3.63) is 28.8 Å². The van der Waals surface area contributed by atoms with Gasteiger partial charge in [-0.2, -0.15) is 21.6 Å². The molecule has 1 aromatic heterocycles. The number of rotatable bonds is 7. The summed E-state index contributed by atoms with van der Waals surface area (Å²) in [6.45, 7) is 17.9. The van der Waals surface area contributed by atoms with Crippen molar-refractivity contribution in [2.24, 2.45) is 0 Å². The van der Waals surface area contributed by atoms with E-state index < -0.39 is 34.4 Å². The Morgan fingerprint density at radius 3 is 2.27 bits per heavy atom. The Kier molecular flexibility index (Phi) is 10.4. The fourth-order valence-corrected chi connectivity index (χ4v) is 6.42. The largest absolute Gasteiger partial charge is 0.419 e. The fourth-order valence-electron chi connectivity index (χ4n) is 2.70. The summed E-state index contributed by atoms with van der Waals surface area (Å²) in [4.78, 5) is 0. The molecular weight excluding hydrogens is 515 g/mol. The molecule has 0 bridgehead atoms. The highest BCUT2D eigenvalue weighted by Crippen LogP contribution is 2.45. The molecule has 12 heteroatoms. The van der Waals surface area contributed by atoms with E-state index in [2.05, 4.69) is 53.0 Å². The van der Waals surface area contributed by atoms with Crippen molar-refractivity contribution in [3.8, 4) is 0 Å². The van der Waals surface area contributed by atoms with E-state index in [0.717, 1.165) is 19.2 Å². The van der Waals surface area contributed by atoms with Crippen molar-refractivity contribution in [3.63, 3.8) is 0 Å². The molecule has 0 saturated heterocycles. The molecular formula is C21H33ClF3NO4S2Si. The lowest BCUT2D eigenvalue weighted by atomic mass is 10.2. The standard InChI is InChI=1S/C12H29NOSi.C9H4ClF3O3S2/c1-8-9-13-10-11(2)14-15(6,7)12(3,4)5;10-4-1-2-6-5(3-4)7(9(11,12)13)8(17-6)18(14,15)16/h11,13H,8-10H2,1-7H3;1-3H,(H,14,15,16). The average Bonchev–Trinajstić information content (AvgIpc) is 3.00. The summed E-state index contributed by atoms with van der Waals surface area (Å²) in [6.07, 6.45) is -3.38. The predicted molar refractivity (Wildman–Crippen MR) is 133 cm³/mol.